The van der Waals surface area contributed by atoms with Gasteiger partial charge >= 0.3 is 0 Å². The van der Waals surface area contributed by atoms with Crippen LogP contribution in [0.5, 0.6) is 0 Å². The van der Waals surface area contributed by atoms with Crippen LogP contribution in [0.15, 0.2) is 10.8 Å². The maximum absolute atomic E-state index is 5.98. The summed E-state index contributed by atoms with van der Waals surface area (Å²) in [5.41, 5.74) is 0. The molecule has 1 aromatic rings. The molecular weight excluding hydrogens is 289 g/mol. The van der Waals surface area contributed by atoms with E-state index in [0.29, 0.717) is 5.15 Å². The van der Waals surface area contributed by atoms with Gasteiger partial charge < -0.3 is 4.90 Å². The third-order valence-electron chi connectivity index (χ3n) is 3.12. The molecule has 0 saturated carbocycles. The van der Waals surface area contributed by atoms with Crippen LogP contribution in [-0.4, -0.2) is 23.1 Å². The molecule has 1 fully saturated rings. The highest BCUT2D eigenvalue weighted by Gasteiger charge is 2.22. The molecule has 1 aromatic heterocycles. The Bertz CT molecular complexity index is 372. The topological polar surface area (TPSA) is 29.0 Å². The molecular formula is C11H15BrClN3. The number of aromatic nitrogens is 2. The zero-order valence-corrected chi connectivity index (χ0v) is 11.6. The number of hydrogen-bond donors (Lipinski definition) is 0. The molecule has 0 spiro atoms. The fourth-order valence-corrected chi connectivity index (χ4v) is 2.73. The van der Waals surface area contributed by atoms with Gasteiger partial charge in [0.25, 0.3) is 0 Å². The Morgan fingerprint density at radius 1 is 1.56 bits per heavy atom. The first-order valence-corrected chi connectivity index (χ1v) is 6.80. The molecule has 2 rings (SSSR count). The molecule has 3 nitrogen and oxygen atoms in total. The van der Waals surface area contributed by atoms with Crippen LogP contribution < -0.4 is 4.90 Å². The lowest BCUT2D eigenvalue weighted by atomic mass is 9.96. The first kappa shape index (κ1) is 12.1. The van der Waals surface area contributed by atoms with Gasteiger partial charge in [-0.15, -0.1) is 0 Å². The van der Waals surface area contributed by atoms with Crippen molar-refractivity contribution in [3.63, 3.8) is 0 Å². The molecule has 0 radical (unpaired) electrons. The highest BCUT2D eigenvalue weighted by Crippen LogP contribution is 2.32. The summed E-state index contributed by atoms with van der Waals surface area (Å²) in [5.74, 6) is 1.70. The highest BCUT2D eigenvalue weighted by molar-refractivity contribution is 9.10. The van der Waals surface area contributed by atoms with Gasteiger partial charge in [0.1, 0.15) is 17.3 Å². The van der Waals surface area contributed by atoms with Crippen LogP contribution in [0.1, 0.15) is 26.2 Å². The maximum Gasteiger partial charge on any atom is 0.148 e. The van der Waals surface area contributed by atoms with Crippen molar-refractivity contribution >= 4 is 33.3 Å². The van der Waals surface area contributed by atoms with Gasteiger partial charge in [0, 0.05) is 13.1 Å². The predicted octanol–water partition coefficient (Wildman–Crippen LogP) is 3.52. The van der Waals surface area contributed by atoms with Crippen molar-refractivity contribution in [1.82, 2.24) is 9.97 Å². The van der Waals surface area contributed by atoms with Crippen LogP contribution in [0, 0.1) is 5.92 Å². The standard InChI is InChI=1S/C11H15BrClN3/c1-2-8-4-3-5-16(6-8)11-9(12)10(13)14-7-15-11/h7-8H,2-6H2,1H3. The van der Waals surface area contributed by atoms with E-state index in [1.807, 2.05) is 0 Å². The molecule has 0 bridgehead atoms. The Morgan fingerprint density at radius 3 is 3.12 bits per heavy atom. The van der Waals surface area contributed by atoms with Crippen molar-refractivity contribution in [2.75, 3.05) is 18.0 Å². The first-order valence-electron chi connectivity index (χ1n) is 5.63. The summed E-state index contributed by atoms with van der Waals surface area (Å²) in [6.07, 6.45) is 5.31. The van der Waals surface area contributed by atoms with E-state index in [1.54, 1.807) is 0 Å². The van der Waals surface area contributed by atoms with E-state index in [9.17, 15) is 0 Å². The second-order valence-corrected chi connectivity index (χ2v) is 5.32. The molecule has 1 aliphatic heterocycles. The minimum Gasteiger partial charge on any atom is -0.355 e. The molecule has 0 aliphatic carbocycles. The minimum absolute atomic E-state index is 0.489. The lowest BCUT2D eigenvalue weighted by Gasteiger charge is -2.33. The van der Waals surface area contributed by atoms with E-state index < -0.39 is 0 Å². The van der Waals surface area contributed by atoms with E-state index >= 15 is 0 Å². The summed E-state index contributed by atoms with van der Waals surface area (Å²) >= 11 is 9.44. The number of halogens is 2. The summed E-state index contributed by atoms with van der Waals surface area (Å²) < 4.78 is 0.813. The lowest BCUT2D eigenvalue weighted by molar-refractivity contribution is 0.402. The largest absolute Gasteiger partial charge is 0.355 e. The van der Waals surface area contributed by atoms with Crippen LogP contribution in [0.3, 0.4) is 0 Å². The predicted molar refractivity (Wildman–Crippen MR) is 70.0 cm³/mol. The quantitative estimate of drug-likeness (QED) is 0.783. The summed E-state index contributed by atoms with van der Waals surface area (Å²) in [6.45, 7) is 4.38. The fraction of sp³-hybridized carbons (Fsp3) is 0.636. The Balaban J connectivity index is 2.20. The summed E-state index contributed by atoms with van der Waals surface area (Å²) in [5, 5.41) is 0.489. The third-order valence-corrected chi connectivity index (χ3v) is 4.37. The number of nitrogens with zero attached hydrogens (tertiary/aromatic N) is 3. The fourth-order valence-electron chi connectivity index (χ4n) is 2.15. The first-order chi connectivity index (χ1) is 7.72. The van der Waals surface area contributed by atoms with Gasteiger partial charge in [0.15, 0.2) is 0 Å². The lowest BCUT2D eigenvalue weighted by Crippen LogP contribution is -2.36. The number of piperidine rings is 1. The smallest absolute Gasteiger partial charge is 0.148 e. The van der Waals surface area contributed by atoms with Gasteiger partial charge in [0.05, 0.1) is 4.47 Å². The number of anilines is 1. The van der Waals surface area contributed by atoms with Crippen molar-refractivity contribution in [2.24, 2.45) is 5.92 Å². The molecule has 1 aliphatic rings. The zero-order valence-electron chi connectivity index (χ0n) is 9.29. The van der Waals surface area contributed by atoms with Crippen LogP contribution in [-0.2, 0) is 0 Å². The highest BCUT2D eigenvalue weighted by atomic mass is 79.9. The third kappa shape index (κ3) is 2.48. The second-order valence-electron chi connectivity index (χ2n) is 4.16. The van der Waals surface area contributed by atoms with Crippen molar-refractivity contribution < 1.29 is 0 Å². The molecule has 1 atom stereocenters. The molecule has 0 aromatic carbocycles. The van der Waals surface area contributed by atoms with Gasteiger partial charge in [-0.1, -0.05) is 24.9 Å². The number of hydrogen-bond acceptors (Lipinski definition) is 3. The molecule has 0 N–H and O–H groups in total. The summed E-state index contributed by atoms with van der Waals surface area (Å²) in [4.78, 5) is 10.6. The van der Waals surface area contributed by atoms with Gasteiger partial charge in [-0.2, -0.15) is 0 Å². The number of rotatable bonds is 2. The normalized spacial score (nSPS) is 21.2. The molecule has 88 valence electrons. The van der Waals surface area contributed by atoms with Crippen LogP contribution in [0.25, 0.3) is 0 Å². The Kier molecular flexibility index (Phi) is 4.03. The van der Waals surface area contributed by atoms with Crippen molar-refractivity contribution in [3.8, 4) is 0 Å². The van der Waals surface area contributed by atoms with Gasteiger partial charge in [-0.25, -0.2) is 9.97 Å². The van der Waals surface area contributed by atoms with E-state index in [-0.39, 0.29) is 0 Å². The van der Waals surface area contributed by atoms with E-state index in [0.717, 1.165) is 29.3 Å². The van der Waals surface area contributed by atoms with Crippen molar-refractivity contribution in [2.45, 2.75) is 26.2 Å². The minimum atomic E-state index is 0.489. The van der Waals surface area contributed by atoms with Crippen LogP contribution in [0.4, 0.5) is 5.82 Å². The van der Waals surface area contributed by atoms with Crippen LogP contribution >= 0.6 is 27.5 Å². The SMILES string of the molecule is CCC1CCCN(c2ncnc(Cl)c2Br)C1. The van der Waals surface area contributed by atoms with Crippen LogP contribution in [0.2, 0.25) is 5.15 Å². The molecule has 16 heavy (non-hydrogen) atoms. The van der Waals surface area contributed by atoms with E-state index in [2.05, 4.69) is 37.7 Å². The Morgan fingerprint density at radius 2 is 2.38 bits per heavy atom. The average Bonchev–Trinajstić information content (AvgIpc) is 2.33. The van der Waals surface area contributed by atoms with Gasteiger partial charge in [-0.05, 0) is 34.7 Å². The van der Waals surface area contributed by atoms with E-state index in [1.165, 1.54) is 25.6 Å². The zero-order chi connectivity index (χ0) is 11.5. The monoisotopic (exact) mass is 303 g/mol. The Labute approximate surface area is 109 Å². The maximum atomic E-state index is 5.98. The molecule has 5 heteroatoms. The summed E-state index contributed by atoms with van der Waals surface area (Å²) in [6, 6.07) is 0. The average molecular weight is 305 g/mol. The van der Waals surface area contributed by atoms with E-state index in [4.69, 9.17) is 11.6 Å². The second kappa shape index (κ2) is 5.32. The molecule has 0 amide bonds. The Hall–Kier alpha value is -0.350. The van der Waals surface area contributed by atoms with Gasteiger partial charge in [-0.3, -0.25) is 0 Å². The van der Waals surface area contributed by atoms with Gasteiger partial charge in [0.2, 0.25) is 0 Å². The van der Waals surface area contributed by atoms with Crippen molar-refractivity contribution in [1.29, 1.82) is 0 Å². The molecule has 1 saturated heterocycles. The summed E-state index contributed by atoms with van der Waals surface area (Å²) in [7, 11) is 0. The molecule has 2 heterocycles. The molecule has 1 unspecified atom stereocenters. The van der Waals surface area contributed by atoms with Crippen molar-refractivity contribution in [3.05, 3.63) is 16.0 Å².